The van der Waals surface area contributed by atoms with E-state index in [0.29, 0.717) is 34.9 Å². The Morgan fingerprint density at radius 1 is 0.262 bits per heavy atom. The van der Waals surface area contributed by atoms with Gasteiger partial charge in [-0.05, 0) is 117 Å². The van der Waals surface area contributed by atoms with Crippen LogP contribution in [-0.4, -0.2) is 34.5 Å². The zero-order valence-corrected chi connectivity index (χ0v) is 58.1. The third kappa shape index (κ3) is 10.5. The smallest absolute Gasteiger partial charge is 0.164 e. The number of hydrogen-bond donors (Lipinski definition) is 0. The van der Waals surface area contributed by atoms with Gasteiger partial charge in [0.1, 0.15) is 22.3 Å². The molecule has 0 bridgehead atoms. The lowest BCUT2D eigenvalue weighted by molar-refractivity contribution is 0.669. The van der Waals surface area contributed by atoms with Crippen molar-refractivity contribution in [1.82, 2.24) is 34.5 Å². The molecule has 0 unspecified atom stereocenters. The summed E-state index contributed by atoms with van der Waals surface area (Å²) in [6.45, 7) is 0. The van der Waals surface area contributed by atoms with Gasteiger partial charge in [-0.25, -0.2) is 29.9 Å². The van der Waals surface area contributed by atoms with E-state index in [4.69, 9.17) is 38.7 Å². The average molecular weight is 1390 g/mol. The molecule has 6 heterocycles. The van der Waals surface area contributed by atoms with E-state index < -0.39 is 0 Å². The van der Waals surface area contributed by atoms with Gasteiger partial charge in [-0.2, -0.15) is 0 Å². The van der Waals surface area contributed by atoms with Gasteiger partial charge >= 0.3 is 0 Å². The highest BCUT2D eigenvalue weighted by Crippen LogP contribution is 2.48. The van der Waals surface area contributed by atoms with Crippen LogP contribution in [0.1, 0.15) is 0 Å². The summed E-state index contributed by atoms with van der Waals surface area (Å²) in [6, 6.07) is 122. The van der Waals surface area contributed by atoms with Crippen LogP contribution in [-0.2, 0) is 0 Å². The molecule has 107 heavy (non-hydrogen) atoms. The predicted molar refractivity (Wildman–Crippen MR) is 441 cm³/mol. The van der Waals surface area contributed by atoms with Crippen molar-refractivity contribution in [3.8, 4) is 74.0 Å². The summed E-state index contributed by atoms with van der Waals surface area (Å²) in [6.07, 6.45) is 0. The molecule has 0 N–H and O–H groups in total. The highest BCUT2D eigenvalue weighted by molar-refractivity contribution is 7.26. The molecule has 0 amide bonds. The van der Waals surface area contributed by atoms with E-state index in [1.165, 1.54) is 52.8 Å². The van der Waals surface area contributed by atoms with Crippen LogP contribution in [0.3, 0.4) is 0 Å². The van der Waals surface area contributed by atoms with Gasteiger partial charge in [0, 0.05) is 104 Å². The Morgan fingerprint density at radius 2 is 0.682 bits per heavy atom. The Morgan fingerprint density at radius 3 is 1.24 bits per heavy atom. The van der Waals surface area contributed by atoms with Gasteiger partial charge < -0.3 is 18.3 Å². The van der Waals surface area contributed by atoms with Gasteiger partial charge in [0.25, 0.3) is 0 Å². The molecule has 0 aliphatic heterocycles. The molecule has 11 heteroatoms. The summed E-state index contributed by atoms with van der Waals surface area (Å²) in [5, 5.41) is 16.0. The van der Waals surface area contributed by atoms with E-state index in [-0.39, 0.29) is 0 Å². The van der Waals surface area contributed by atoms with E-state index in [2.05, 4.69) is 240 Å². The van der Waals surface area contributed by atoms with Crippen LogP contribution in [0.5, 0.6) is 0 Å². The van der Waals surface area contributed by atoms with Gasteiger partial charge in [0.2, 0.25) is 0 Å². The fraction of sp³-hybridized carbons (Fsp3) is 0. The van der Waals surface area contributed by atoms with Crippen LogP contribution < -0.4 is 4.90 Å². The maximum absolute atomic E-state index is 6.73. The first-order valence-corrected chi connectivity index (χ1v) is 36.5. The van der Waals surface area contributed by atoms with E-state index in [9.17, 15) is 0 Å². The van der Waals surface area contributed by atoms with Crippen LogP contribution in [0.4, 0.5) is 17.1 Å². The second-order valence-electron chi connectivity index (χ2n) is 26.8. The topological polar surface area (TPSA) is 112 Å². The second kappa shape index (κ2) is 25.3. The molecule has 16 aromatic carbocycles. The zero-order chi connectivity index (χ0) is 70.5. The molecule has 22 rings (SSSR count). The van der Waals surface area contributed by atoms with Crippen molar-refractivity contribution in [2.75, 3.05) is 4.90 Å². The van der Waals surface area contributed by atoms with Crippen molar-refractivity contribution in [1.29, 1.82) is 0 Å². The standard InChI is InChI=1S/C49H28N4OS.C47H30N4O/c1-3-13-29(14-4-1)47-50-48(30-15-5-2-6-16-30)52-49(51-47)38-28-42-44(35-20-8-7-17-32(35)38)39-27-31(23-26-41(39)54-42)53-40-21-11-9-18-33(40)36-24-25-37-34-19-10-12-22-43(34)55-46(37)45(36)53;1-4-15-32(16-5-1)45-48-46(33-17-6-2-7-18-33)50-47(49-45)40-30-43-44(39-23-13-12-22-38(39)40)41-29-37(26-27-42(41)52-43)51(35-20-8-3-9-21-35)36-25-24-31-14-10-11-19-34(31)28-36/h1-28H;1-30H. The van der Waals surface area contributed by atoms with Crippen molar-refractivity contribution in [2.45, 2.75) is 0 Å². The summed E-state index contributed by atoms with van der Waals surface area (Å²) in [5.41, 5.74) is 15.4. The predicted octanol–water partition coefficient (Wildman–Crippen LogP) is 25.9. The Labute approximate surface area is 616 Å². The first kappa shape index (κ1) is 61.4. The molecule has 0 aliphatic carbocycles. The summed E-state index contributed by atoms with van der Waals surface area (Å²) in [5.74, 6) is 3.70. The SMILES string of the molecule is c1ccc(-c2nc(-c3ccccc3)nc(-c3cc4oc5ccc(-n6c7ccccc7c7ccc8c9ccccc9sc8c76)cc5c4c4ccccc34)n2)cc1.c1ccc(-c2nc(-c3ccccc3)nc(-c3cc4oc5ccc(N(c6ccccc6)c6ccc7ccccc7c6)cc5c4c4ccccc34)n2)cc1. The van der Waals surface area contributed by atoms with Crippen molar-refractivity contribution in [3.05, 3.63) is 352 Å². The summed E-state index contributed by atoms with van der Waals surface area (Å²) in [7, 11) is 0. The molecule has 22 aromatic rings. The van der Waals surface area contributed by atoms with Crippen LogP contribution in [0.25, 0.3) is 192 Å². The third-order valence-corrected chi connectivity index (χ3v) is 21.7. The monoisotopic (exact) mass is 1390 g/mol. The van der Waals surface area contributed by atoms with Crippen molar-refractivity contribution in [2.24, 2.45) is 0 Å². The minimum atomic E-state index is 0.596. The third-order valence-electron chi connectivity index (χ3n) is 20.5. The minimum absolute atomic E-state index is 0.596. The van der Waals surface area contributed by atoms with Gasteiger partial charge in [0.15, 0.2) is 34.9 Å². The molecule has 10 nitrogen and oxygen atoms in total. The Balaban J connectivity index is 0.000000137. The van der Waals surface area contributed by atoms with Crippen LogP contribution in [0.15, 0.2) is 361 Å². The average Bonchev–Trinajstić information content (AvgIpc) is 1.58. The Bertz CT molecular complexity index is 7150. The van der Waals surface area contributed by atoms with E-state index in [1.807, 2.05) is 133 Å². The molecule has 6 aromatic heterocycles. The normalized spacial score (nSPS) is 11.7. The molecule has 0 fully saturated rings. The first-order valence-electron chi connectivity index (χ1n) is 35.7. The molecule has 0 saturated carbocycles. The zero-order valence-electron chi connectivity index (χ0n) is 57.3. The highest BCUT2D eigenvalue weighted by atomic mass is 32.1. The minimum Gasteiger partial charge on any atom is -0.456 e. The van der Waals surface area contributed by atoms with Gasteiger partial charge in [-0.3, -0.25) is 0 Å². The number of thiophene rings is 1. The number of aromatic nitrogens is 7. The summed E-state index contributed by atoms with van der Waals surface area (Å²) in [4.78, 5) is 32.5. The van der Waals surface area contributed by atoms with Crippen LogP contribution >= 0.6 is 11.3 Å². The number of nitrogens with zero attached hydrogens (tertiary/aromatic N) is 8. The molecule has 0 radical (unpaired) electrons. The van der Waals surface area contributed by atoms with E-state index in [0.717, 1.165) is 122 Å². The first-order chi connectivity index (χ1) is 53.0. The molecule has 0 spiro atoms. The van der Waals surface area contributed by atoms with Crippen molar-refractivity contribution < 1.29 is 8.83 Å². The lowest BCUT2D eigenvalue weighted by Gasteiger charge is -2.26. The molecular weight excluding hydrogens is 1330 g/mol. The number of rotatable bonds is 10. The van der Waals surface area contributed by atoms with Crippen molar-refractivity contribution >= 4 is 147 Å². The van der Waals surface area contributed by atoms with Crippen molar-refractivity contribution in [3.63, 3.8) is 0 Å². The molecule has 0 atom stereocenters. The number of furan rings is 2. The van der Waals surface area contributed by atoms with Gasteiger partial charge in [-0.1, -0.05) is 267 Å². The van der Waals surface area contributed by atoms with Crippen LogP contribution in [0, 0.1) is 0 Å². The maximum atomic E-state index is 6.73. The lowest BCUT2D eigenvalue weighted by atomic mass is 9.98. The number of para-hydroxylation sites is 2. The molecule has 500 valence electrons. The fourth-order valence-electron chi connectivity index (χ4n) is 15.6. The Kier molecular flexibility index (Phi) is 14.5. The van der Waals surface area contributed by atoms with E-state index in [1.54, 1.807) is 0 Å². The van der Waals surface area contributed by atoms with E-state index >= 15 is 0 Å². The highest BCUT2D eigenvalue weighted by Gasteiger charge is 2.25. The van der Waals surface area contributed by atoms with Gasteiger partial charge in [0.05, 0.1) is 15.7 Å². The number of benzene rings is 16. The lowest BCUT2D eigenvalue weighted by Crippen LogP contribution is -2.09. The van der Waals surface area contributed by atoms with Crippen LogP contribution in [0.2, 0.25) is 0 Å². The molecule has 0 aliphatic rings. The quantitative estimate of drug-likeness (QED) is 0.132. The maximum Gasteiger partial charge on any atom is 0.164 e. The summed E-state index contributed by atoms with van der Waals surface area (Å²) < 4.78 is 18.4. The molecule has 0 saturated heterocycles. The van der Waals surface area contributed by atoms with Gasteiger partial charge in [-0.15, -0.1) is 11.3 Å². The number of anilines is 3. The largest absolute Gasteiger partial charge is 0.456 e. The Hall–Kier alpha value is -14.3. The summed E-state index contributed by atoms with van der Waals surface area (Å²) >= 11 is 1.87. The second-order valence-corrected chi connectivity index (χ2v) is 27.9. The number of fused-ring (bicyclic) bond motifs is 18. The fourth-order valence-corrected chi connectivity index (χ4v) is 16.8. The number of hydrogen-bond acceptors (Lipinski definition) is 10. The molecular formula is C96H58N8O2S.